The fourth-order valence-corrected chi connectivity index (χ4v) is 4.26. The number of alkyl halides is 3. The van der Waals surface area contributed by atoms with E-state index in [9.17, 15) is 18.0 Å². The van der Waals surface area contributed by atoms with Crippen LogP contribution in [-0.2, 0) is 24.1 Å². The van der Waals surface area contributed by atoms with Gasteiger partial charge in [0.1, 0.15) is 6.29 Å². The molecule has 0 aliphatic carbocycles. The molecule has 0 bridgehead atoms. The van der Waals surface area contributed by atoms with E-state index in [2.05, 4.69) is 16.1 Å². The van der Waals surface area contributed by atoms with Gasteiger partial charge in [0, 0.05) is 43.4 Å². The Labute approximate surface area is 195 Å². The van der Waals surface area contributed by atoms with Crippen molar-refractivity contribution >= 4 is 35.2 Å². The van der Waals surface area contributed by atoms with Gasteiger partial charge in [-0.05, 0) is 44.8 Å². The van der Waals surface area contributed by atoms with Crippen LogP contribution in [0.5, 0.6) is 0 Å². The van der Waals surface area contributed by atoms with Crippen molar-refractivity contribution in [1.82, 2.24) is 19.6 Å². The predicted molar refractivity (Wildman–Crippen MR) is 119 cm³/mol. The molecule has 6 nitrogen and oxygen atoms in total. The molecule has 3 rings (SSSR count). The van der Waals surface area contributed by atoms with E-state index in [1.807, 2.05) is 36.0 Å². The Balaban J connectivity index is 1.67. The number of carbonyl (C=O) groups is 1. The second-order valence-electron chi connectivity index (χ2n) is 8.17. The van der Waals surface area contributed by atoms with E-state index >= 15 is 0 Å². The molecule has 1 unspecified atom stereocenters. The Morgan fingerprint density at radius 3 is 2.38 bits per heavy atom. The van der Waals surface area contributed by atoms with Gasteiger partial charge in [-0.1, -0.05) is 23.2 Å². The molecule has 1 aromatic carbocycles. The summed E-state index contributed by atoms with van der Waals surface area (Å²) < 4.78 is 40.4. The topological polar surface area (TPSA) is 44.6 Å². The Morgan fingerprint density at radius 1 is 1.19 bits per heavy atom. The summed E-state index contributed by atoms with van der Waals surface area (Å²) in [5, 5.41) is 3.90. The van der Waals surface area contributed by atoms with Gasteiger partial charge in [0.2, 0.25) is 0 Å². The van der Waals surface area contributed by atoms with Gasteiger partial charge < -0.3 is 14.6 Å². The minimum absolute atomic E-state index is 0.0130. The average molecular weight is 492 g/mol. The molecule has 0 spiro atoms. The third-order valence-corrected chi connectivity index (χ3v) is 6.40. The molecule has 2 aromatic rings. The molecule has 0 amide bonds. The molecule has 1 aliphatic heterocycles. The summed E-state index contributed by atoms with van der Waals surface area (Å²) in [6.07, 6.45) is -3.88. The fourth-order valence-electron chi connectivity index (χ4n) is 3.84. The van der Waals surface area contributed by atoms with Crippen LogP contribution in [0.2, 0.25) is 10.0 Å². The van der Waals surface area contributed by atoms with Crippen molar-refractivity contribution in [1.29, 1.82) is 0 Å². The van der Waals surface area contributed by atoms with E-state index in [1.165, 1.54) is 11.6 Å². The third-order valence-electron chi connectivity index (χ3n) is 5.58. The Kier molecular flexibility index (Phi) is 7.75. The van der Waals surface area contributed by atoms with Crippen LogP contribution in [0.3, 0.4) is 0 Å². The number of hydrogen-bond donors (Lipinski definition) is 0. The molecule has 1 aromatic heterocycles. The molecular weight excluding hydrogens is 466 g/mol. The summed E-state index contributed by atoms with van der Waals surface area (Å²) in [4.78, 5) is 18.0. The number of carbonyl (C=O) groups excluding carboxylic acids is 1. The first-order valence-electron chi connectivity index (χ1n) is 10.2. The zero-order valence-electron chi connectivity index (χ0n) is 18.2. The molecule has 1 aliphatic rings. The molecule has 2 heterocycles. The largest absolute Gasteiger partial charge is 0.436 e. The van der Waals surface area contributed by atoms with Gasteiger partial charge in [-0.15, -0.1) is 0 Å². The number of piperazine rings is 1. The number of benzene rings is 1. The Hall–Kier alpha value is -1.81. The number of hydrogen-bond acceptors (Lipinski definition) is 5. The van der Waals surface area contributed by atoms with Crippen molar-refractivity contribution in [3.8, 4) is 0 Å². The second-order valence-corrected chi connectivity index (χ2v) is 8.95. The average Bonchev–Trinajstić information content (AvgIpc) is 3.02. The van der Waals surface area contributed by atoms with Crippen LogP contribution in [0, 0.1) is 6.92 Å². The highest BCUT2D eigenvalue weighted by molar-refractivity contribution is 6.32. The lowest BCUT2D eigenvalue weighted by molar-refractivity contribution is -0.141. The zero-order chi connectivity index (χ0) is 23.6. The van der Waals surface area contributed by atoms with Gasteiger partial charge in [-0.3, -0.25) is 9.58 Å². The first-order valence-corrected chi connectivity index (χ1v) is 10.9. The molecule has 32 heavy (non-hydrogen) atoms. The van der Waals surface area contributed by atoms with Crippen molar-refractivity contribution in [2.75, 3.05) is 45.2 Å². The first-order chi connectivity index (χ1) is 15.0. The van der Waals surface area contributed by atoms with E-state index in [1.54, 1.807) is 0 Å². The highest BCUT2D eigenvalue weighted by Crippen LogP contribution is 2.35. The normalized spacial score (nSPS) is 16.6. The standard InChI is InChI=1S/C21H26Cl2F3N5O/c1-14-19(23)20(21(24,25)26)27-31(14)12-17(13-32)30-8-6-29(7-9-30)16-4-5-18(22)15(10-16)11-28(2)3/h4-5,10,13,17H,6-9,11-12H2,1-3H3. The number of halogens is 5. The van der Waals surface area contributed by atoms with Gasteiger partial charge in [0.25, 0.3) is 0 Å². The molecule has 1 atom stereocenters. The van der Waals surface area contributed by atoms with Crippen molar-refractivity contribution in [3.63, 3.8) is 0 Å². The summed E-state index contributed by atoms with van der Waals surface area (Å²) >= 11 is 12.1. The quantitative estimate of drug-likeness (QED) is 0.548. The van der Waals surface area contributed by atoms with Crippen LogP contribution < -0.4 is 4.90 Å². The Bertz CT molecular complexity index is 956. The van der Waals surface area contributed by atoms with Crippen LogP contribution in [0.4, 0.5) is 18.9 Å². The molecular formula is C21H26Cl2F3N5O. The lowest BCUT2D eigenvalue weighted by Gasteiger charge is -2.38. The summed E-state index contributed by atoms with van der Waals surface area (Å²) in [5.41, 5.74) is 1.16. The van der Waals surface area contributed by atoms with Gasteiger partial charge in [0.15, 0.2) is 5.69 Å². The fraction of sp³-hybridized carbons (Fsp3) is 0.524. The maximum atomic E-state index is 13.1. The number of rotatable bonds is 7. The van der Waals surface area contributed by atoms with E-state index in [-0.39, 0.29) is 12.2 Å². The van der Waals surface area contributed by atoms with E-state index in [0.717, 1.165) is 24.1 Å². The van der Waals surface area contributed by atoms with Gasteiger partial charge in [-0.25, -0.2) is 0 Å². The van der Waals surface area contributed by atoms with Crippen LogP contribution in [0.15, 0.2) is 18.2 Å². The smallest absolute Gasteiger partial charge is 0.369 e. The van der Waals surface area contributed by atoms with Gasteiger partial charge in [-0.2, -0.15) is 18.3 Å². The monoisotopic (exact) mass is 491 g/mol. The van der Waals surface area contributed by atoms with E-state index in [0.29, 0.717) is 31.2 Å². The Morgan fingerprint density at radius 2 is 1.84 bits per heavy atom. The summed E-state index contributed by atoms with van der Waals surface area (Å²) in [7, 11) is 3.96. The minimum Gasteiger partial charge on any atom is -0.369 e. The molecule has 11 heteroatoms. The van der Waals surface area contributed by atoms with Gasteiger partial charge >= 0.3 is 6.18 Å². The summed E-state index contributed by atoms with van der Waals surface area (Å²) in [5.74, 6) is 0. The van der Waals surface area contributed by atoms with E-state index < -0.39 is 22.9 Å². The highest BCUT2D eigenvalue weighted by Gasteiger charge is 2.38. The van der Waals surface area contributed by atoms with Gasteiger partial charge in [0.05, 0.1) is 23.3 Å². The molecule has 0 saturated carbocycles. The summed E-state index contributed by atoms with van der Waals surface area (Å²) in [6, 6.07) is 5.34. The SMILES string of the molecule is Cc1c(Cl)c(C(F)(F)F)nn1CC(C=O)N1CCN(c2ccc(Cl)c(CN(C)C)c2)CC1. The lowest BCUT2D eigenvalue weighted by Crippen LogP contribution is -2.52. The zero-order valence-corrected chi connectivity index (χ0v) is 19.7. The van der Waals surface area contributed by atoms with Crippen molar-refractivity contribution in [2.24, 2.45) is 0 Å². The van der Waals surface area contributed by atoms with Crippen LogP contribution >= 0.6 is 23.2 Å². The second kappa shape index (κ2) is 9.99. The first kappa shape index (κ1) is 24.8. The number of aldehydes is 1. The molecule has 0 N–H and O–H groups in total. The van der Waals surface area contributed by atoms with Crippen LogP contribution in [-0.4, -0.2) is 72.2 Å². The highest BCUT2D eigenvalue weighted by atomic mass is 35.5. The maximum absolute atomic E-state index is 13.1. The molecule has 1 fully saturated rings. The lowest BCUT2D eigenvalue weighted by atomic mass is 10.1. The van der Waals surface area contributed by atoms with Crippen molar-refractivity contribution < 1.29 is 18.0 Å². The maximum Gasteiger partial charge on any atom is 0.436 e. The summed E-state index contributed by atoms with van der Waals surface area (Å²) in [6.45, 7) is 4.76. The number of anilines is 1. The van der Waals surface area contributed by atoms with Crippen molar-refractivity contribution in [3.05, 3.63) is 45.2 Å². The molecule has 1 saturated heterocycles. The van der Waals surface area contributed by atoms with Crippen LogP contribution in [0.25, 0.3) is 0 Å². The number of aromatic nitrogens is 2. The van der Waals surface area contributed by atoms with Crippen LogP contribution in [0.1, 0.15) is 17.0 Å². The van der Waals surface area contributed by atoms with Crippen molar-refractivity contribution in [2.45, 2.75) is 32.2 Å². The number of nitrogens with zero attached hydrogens (tertiary/aromatic N) is 5. The van der Waals surface area contributed by atoms with E-state index in [4.69, 9.17) is 23.2 Å². The molecule has 176 valence electrons. The predicted octanol–water partition coefficient (Wildman–Crippen LogP) is 3.97. The molecule has 0 radical (unpaired) electrons. The third kappa shape index (κ3) is 5.57. The minimum atomic E-state index is -4.64.